The van der Waals surface area contributed by atoms with E-state index in [0.29, 0.717) is 0 Å². The summed E-state index contributed by atoms with van der Waals surface area (Å²) < 4.78 is 4.40. The third-order valence-corrected chi connectivity index (χ3v) is 1.51. The molecule has 2 unspecified atom stereocenters. The smallest absolute Gasteiger partial charge is 0.377 e. The van der Waals surface area contributed by atoms with Crippen LogP contribution in [0.4, 0.5) is 0 Å². The van der Waals surface area contributed by atoms with Gasteiger partial charge in [-0.2, -0.15) is 0 Å². The van der Waals surface area contributed by atoms with Gasteiger partial charge in [0.1, 0.15) is 6.10 Å². The Morgan fingerprint density at radius 2 is 2.15 bits per heavy atom. The fourth-order valence-electron chi connectivity index (χ4n) is 0.653. The van der Waals surface area contributed by atoms with Crippen molar-refractivity contribution in [2.75, 3.05) is 6.61 Å². The molecule has 0 saturated heterocycles. The molecule has 0 saturated carbocycles. The normalized spacial score (nSPS) is 14.4. The van der Waals surface area contributed by atoms with Crippen molar-refractivity contribution in [3.05, 3.63) is 0 Å². The van der Waals surface area contributed by atoms with Gasteiger partial charge in [-0.1, -0.05) is 6.92 Å². The number of rotatable bonds is 5. The van der Waals surface area contributed by atoms with Crippen LogP contribution < -0.4 is 0 Å². The molecule has 0 aromatic heterocycles. The van der Waals surface area contributed by atoms with Crippen LogP contribution in [0.5, 0.6) is 0 Å². The Morgan fingerprint density at radius 3 is 2.54 bits per heavy atom. The van der Waals surface area contributed by atoms with E-state index in [1.807, 2.05) is 0 Å². The molecule has 0 aliphatic rings. The third-order valence-electron chi connectivity index (χ3n) is 1.51. The van der Waals surface area contributed by atoms with E-state index < -0.39 is 23.8 Å². The summed E-state index contributed by atoms with van der Waals surface area (Å²) >= 11 is 0. The van der Waals surface area contributed by atoms with Crippen LogP contribution in [-0.2, 0) is 14.3 Å². The number of aliphatic hydroxyl groups is 1. The number of nitrogens with one attached hydrogen (secondary N) is 1. The summed E-state index contributed by atoms with van der Waals surface area (Å²) in [5, 5.41) is 16.0. The minimum atomic E-state index is -1.48. The molecule has 0 bridgehead atoms. The van der Waals surface area contributed by atoms with Crippen molar-refractivity contribution in [1.82, 2.24) is 0 Å². The molecule has 13 heavy (non-hydrogen) atoms. The molecule has 5 nitrogen and oxygen atoms in total. The van der Waals surface area contributed by atoms with E-state index in [1.54, 1.807) is 6.92 Å². The Kier molecular flexibility index (Phi) is 4.91. The van der Waals surface area contributed by atoms with Gasteiger partial charge >= 0.3 is 5.97 Å². The molecule has 0 heterocycles. The van der Waals surface area contributed by atoms with Gasteiger partial charge in [0, 0.05) is 12.1 Å². The van der Waals surface area contributed by atoms with E-state index in [-0.39, 0.29) is 6.61 Å². The molecule has 2 N–H and O–H groups in total. The average molecular weight is 187 g/mol. The van der Waals surface area contributed by atoms with E-state index in [1.165, 1.54) is 6.92 Å². The fourth-order valence-corrected chi connectivity index (χ4v) is 0.653. The molecule has 5 heteroatoms. The van der Waals surface area contributed by atoms with Crippen molar-refractivity contribution in [2.45, 2.75) is 20.0 Å². The number of hydrogen-bond donors (Lipinski definition) is 2. The zero-order valence-electron chi connectivity index (χ0n) is 7.61. The van der Waals surface area contributed by atoms with Crippen LogP contribution >= 0.6 is 0 Å². The van der Waals surface area contributed by atoms with Gasteiger partial charge in [-0.15, -0.1) is 0 Å². The van der Waals surface area contributed by atoms with Gasteiger partial charge < -0.3 is 15.3 Å². The van der Waals surface area contributed by atoms with Crippen LogP contribution in [0.3, 0.4) is 0 Å². The first-order valence-electron chi connectivity index (χ1n) is 3.94. The molecule has 0 fully saturated rings. The van der Waals surface area contributed by atoms with Crippen LogP contribution in [0, 0.1) is 11.3 Å². The summed E-state index contributed by atoms with van der Waals surface area (Å²) in [6.45, 7) is 3.13. The number of carbonyl (C=O) groups excluding carboxylic acids is 2. The zero-order chi connectivity index (χ0) is 10.4. The Hall–Kier alpha value is -1.23. The predicted octanol–water partition coefficient (Wildman–Crippen LogP) is -0.235. The molecule has 0 aliphatic carbocycles. The first-order valence-corrected chi connectivity index (χ1v) is 3.94. The lowest BCUT2D eigenvalue weighted by Gasteiger charge is -2.11. The summed E-state index contributed by atoms with van der Waals surface area (Å²) in [7, 11) is 0. The van der Waals surface area contributed by atoms with Crippen molar-refractivity contribution in [1.29, 1.82) is 5.41 Å². The highest BCUT2D eigenvalue weighted by Crippen LogP contribution is 2.01. The summed E-state index contributed by atoms with van der Waals surface area (Å²) in [4.78, 5) is 21.8. The van der Waals surface area contributed by atoms with Crippen molar-refractivity contribution >= 4 is 18.0 Å². The minimum Gasteiger partial charge on any atom is -0.460 e. The molecule has 0 aliphatic heterocycles. The van der Waals surface area contributed by atoms with Crippen LogP contribution in [0.25, 0.3) is 0 Å². The second-order valence-corrected chi connectivity index (χ2v) is 2.56. The average Bonchev–Trinajstić information content (AvgIpc) is 2.14. The predicted molar refractivity (Wildman–Crippen MR) is 45.6 cm³/mol. The number of Topliss-reactive ketones (excluding diaryl/α,β-unsaturated/α-hetero) is 1. The molecule has 0 aromatic rings. The molecular weight excluding hydrogens is 174 g/mol. The zero-order valence-corrected chi connectivity index (χ0v) is 7.61. The number of aliphatic hydroxyl groups excluding tert-OH is 1. The van der Waals surface area contributed by atoms with Gasteiger partial charge in [0.05, 0.1) is 6.61 Å². The van der Waals surface area contributed by atoms with E-state index in [0.717, 1.165) is 6.21 Å². The molecule has 0 spiro atoms. The van der Waals surface area contributed by atoms with E-state index in [4.69, 9.17) is 5.41 Å². The maximum Gasteiger partial charge on any atom is 0.377 e. The second-order valence-electron chi connectivity index (χ2n) is 2.56. The lowest BCUT2D eigenvalue weighted by atomic mass is 10.0. The van der Waals surface area contributed by atoms with E-state index in [2.05, 4.69) is 4.74 Å². The highest BCUT2D eigenvalue weighted by atomic mass is 16.5. The van der Waals surface area contributed by atoms with Crippen LogP contribution in [0.2, 0.25) is 0 Å². The van der Waals surface area contributed by atoms with Gasteiger partial charge in [0.15, 0.2) is 0 Å². The standard InChI is InChI=1S/C8H13NO4/c1-3-13-8(12)7(11)6(10)5(2)4-9/h4-6,9-10H,3H2,1-2H3. The Balaban J connectivity index is 4.24. The SMILES string of the molecule is CCOC(=O)C(=O)C(O)C(C)C=N. The Bertz CT molecular complexity index is 214. The molecule has 0 radical (unpaired) electrons. The molecule has 0 aromatic carbocycles. The summed E-state index contributed by atoms with van der Waals surface area (Å²) in [5.41, 5.74) is 0. The van der Waals surface area contributed by atoms with Gasteiger partial charge in [0.2, 0.25) is 0 Å². The van der Waals surface area contributed by atoms with E-state index in [9.17, 15) is 14.7 Å². The number of hydrogen-bond acceptors (Lipinski definition) is 5. The molecule has 74 valence electrons. The number of ketones is 1. The minimum absolute atomic E-state index is 0.0935. The van der Waals surface area contributed by atoms with Gasteiger partial charge in [0.25, 0.3) is 5.78 Å². The topological polar surface area (TPSA) is 87.5 Å². The summed E-state index contributed by atoms with van der Waals surface area (Å²) in [6.07, 6.45) is -0.571. The molecule has 0 rings (SSSR count). The van der Waals surface area contributed by atoms with Gasteiger partial charge in [-0.3, -0.25) is 4.79 Å². The number of esters is 1. The third kappa shape index (κ3) is 3.33. The summed E-state index contributed by atoms with van der Waals surface area (Å²) in [6, 6.07) is 0. The number of carbonyl (C=O) groups is 2. The molecular formula is C8H13NO4. The van der Waals surface area contributed by atoms with E-state index >= 15 is 0 Å². The van der Waals surface area contributed by atoms with Gasteiger partial charge in [-0.25, -0.2) is 4.79 Å². The maximum absolute atomic E-state index is 11.0. The monoisotopic (exact) mass is 187 g/mol. The number of ether oxygens (including phenoxy) is 1. The first-order chi connectivity index (χ1) is 6.04. The largest absolute Gasteiger partial charge is 0.460 e. The van der Waals surface area contributed by atoms with Gasteiger partial charge in [-0.05, 0) is 6.92 Å². The first kappa shape index (κ1) is 11.8. The van der Waals surface area contributed by atoms with Crippen molar-refractivity contribution in [3.63, 3.8) is 0 Å². The molecule has 2 atom stereocenters. The lowest BCUT2D eigenvalue weighted by molar-refractivity contribution is -0.157. The summed E-state index contributed by atoms with van der Waals surface area (Å²) in [5.74, 6) is -2.72. The second kappa shape index (κ2) is 5.42. The highest BCUT2D eigenvalue weighted by Gasteiger charge is 2.27. The quantitative estimate of drug-likeness (QED) is 0.353. The Labute approximate surface area is 76.2 Å². The van der Waals surface area contributed by atoms with Crippen molar-refractivity contribution < 1.29 is 19.4 Å². The van der Waals surface area contributed by atoms with Crippen LogP contribution in [0.15, 0.2) is 0 Å². The fraction of sp³-hybridized carbons (Fsp3) is 0.625. The van der Waals surface area contributed by atoms with Crippen LogP contribution in [0.1, 0.15) is 13.8 Å². The van der Waals surface area contributed by atoms with Crippen molar-refractivity contribution in [2.24, 2.45) is 5.92 Å². The molecule has 0 amide bonds. The highest BCUT2D eigenvalue weighted by molar-refractivity contribution is 6.35. The lowest BCUT2D eigenvalue weighted by Crippen LogP contribution is -2.35. The van der Waals surface area contributed by atoms with Crippen LogP contribution in [-0.4, -0.2) is 35.8 Å². The van der Waals surface area contributed by atoms with Crippen molar-refractivity contribution in [3.8, 4) is 0 Å². The maximum atomic E-state index is 11.0. The Morgan fingerprint density at radius 1 is 1.62 bits per heavy atom.